The van der Waals surface area contributed by atoms with Crippen molar-refractivity contribution in [3.63, 3.8) is 0 Å². The van der Waals surface area contributed by atoms with Gasteiger partial charge in [0.15, 0.2) is 5.60 Å². The van der Waals surface area contributed by atoms with Crippen molar-refractivity contribution in [1.29, 1.82) is 0 Å². The molecule has 0 radical (unpaired) electrons. The second-order valence-corrected chi connectivity index (χ2v) is 6.00. The zero-order chi connectivity index (χ0) is 12.6. The number of carbonyl (C=O) groups is 1. The second-order valence-electron chi connectivity index (χ2n) is 6.00. The highest BCUT2D eigenvalue weighted by Crippen LogP contribution is 2.36. The van der Waals surface area contributed by atoms with E-state index in [2.05, 4.69) is 5.32 Å². The smallest absolute Gasteiger partial charge is 0.338 e. The van der Waals surface area contributed by atoms with Gasteiger partial charge in [0.2, 0.25) is 0 Å². The Hall–Kier alpha value is -0.610. The van der Waals surface area contributed by atoms with Gasteiger partial charge in [-0.3, -0.25) is 0 Å². The lowest BCUT2D eigenvalue weighted by Gasteiger charge is -2.49. The topological polar surface area (TPSA) is 58.6 Å². The molecule has 0 saturated carbocycles. The third kappa shape index (κ3) is 2.95. The lowest BCUT2D eigenvalue weighted by Crippen LogP contribution is -2.65. The van der Waals surface area contributed by atoms with Crippen molar-refractivity contribution < 1.29 is 14.6 Å². The van der Waals surface area contributed by atoms with Crippen LogP contribution in [-0.2, 0) is 9.53 Å². The summed E-state index contributed by atoms with van der Waals surface area (Å²) in [4.78, 5) is 11.8. The highest BCUT2D eigenvalue weighted by atomic mass is 16.5. The molecule has 0 spiro atoms. The molecular formula is C12H23NO3. The van der Waals surface area contributed by atoms with Gasteiger partial charge in [-0.1, -0.05) is 0 Å². The minimum absolute atomic E-state index is 0.275. The minimum Gasteiger partial charge on any atom is -0.464 e. The fraction of sp³-hybridized carbons (Fsp3) is 0.917. The first kappa shape index (κ1) is 13.5. The van der Waals surface area contributed by atoms with Crippen molar-refractivity contribution in [3.05, 3.63) is 0 Å². The van der Waals surface area contributed by atoms with E-state index in [1.54, 1.807) is 6.92 Å². The van der Waals surface area contributed by atoms with E-state index >= 15 is 0 Å². The van der Waals surface area contributed by atoms with Crippen LogP contribution >= 0.6 is 0 Å². The molecule has 1 rings (SSSR count). The van der Waals surface area contributed by atoms with Crippen LogP contribution in [0.5, 0.6) is 0 Å². The molecule has 16 heavy (non-hydrogen) atoms. The molecule has 0 atom stereocenters. The molecule has 0 amide bonds. The Morgan fingerprint density at radius 3 is 2.06 bits per heavy atom. The number of ether oxygens (including phenoxy) is 1. The van der Waals surface area contributed by atoms with Gasteiger partial charge in [-0.15, -0.1) is 0 Å². The SMILES string of the molecule is CCOC(=O)C1(O)CC(C)(C)NC(C)(C)C1. The maximum Gasteiger partial charge on any atom is 0.338 e. The van der Waals surface area contributed by atoms with Gasteiger partial charge >= 0.3 is 5.97 Å². The number of nitrogens with one attached hydrogen (secondary N) is 1. The summed E-state index contributed by atoms with van der Waals surface area (Å²) in [5.41, 5.74) is -1.92. The third-order valence-corrected chi connectivity index (χ3v) is 2.80. The van der Waals surface area contributed by atoms with Crippen molar-refractivity contribution in [2.45, 2.75) is 64.1 Å². The van der Waals surface area contributed by atoms with E-state index in [0.29, 0.717) is 19.4 Å². The molecule has 1 heterocycles. The van der Waals surface area contributed by atoms with Crippen molar-refractivity contribution in [3.8, 4) is 0 Å². The predicted molar refractivity (Wildman–Crippen MR) is 62.1 cm³/mol. The lowest BCUT2D eigenvalue weighted by atomic mass is 9.73. The molecule has 1 aliphatic heterocycles. The highest BCUT2D eigenvalue weighted by Gasteiger charge is 2.51. The van der Waals surface area contributed by atoms with Gasteiger partial charge in [0.25, 0.3) is 0 Å². The van der Waals surface area contributed by atoms with Gasteiger partial charge in [-0.2, -0.15) is 0 Å². The van der Waals surface area contributed by atoms with Crippen LogP contribution in [0.3, 0.4) is 0 Å². The summed E-state index contributed by atoms with van der Waals surface area (Å²) < 4.78 is 4.95. The van der Waals surface area contributed by atoms with E-state index in [9.17, 15) is 9.90 Å². The largest absolute Gasteiger partial charge is 0.464 e. The van der Waals surface area contributed by atoms with E-state index in [0.717, 1.165) is 0 Å². The van der Waals surface area contributed by atoms with Gasteiger partial charge < -0.3 is 15.2 Å². The van der Waals surface area contributed by atoms with Gasteiger partial charge in [0, 0.05) is 23.9 Å². The van der Waals surface area contributed by atoms with Crippen LogP contribution < -0.4 is 5.32 Å². The summed E-state index contributed by atoms with van der Waals surface area (Å²) in [6, 6.07) is 0. The Balaban J connectivity index is 2.91. The van der Waals surface area contributed by atoms with Crippen LogP contribution in [0.15, 0.2) is 0 Å². The molecule has 0 unspecified atom stereocenters. The van der Waals surface area contributed by atoms with Gasteiger partial charge in [0.1, 0.15) is 0 Å². The maximum absolute atomic E-state index is 11.8. The maximum atomic E-state index is 11.8. The molecule has 94 valence electrons. The van der Waals surface area contributed by atoms with E-state index < -0.39 is 11.6 Å². The van der Waals surface area contributed by atoms with Crippen molar-refractivity contribution >= 4 is 5.97 Å². The molecular weight excluding hydrogens is 206 g/mol. The number of hydrogen-bond donors (Lipinski definition) is 2. The van der Waals surface area contributed by atoms with Crippen LogP contribution in [0.2, 0.25) is 0 Å². The van der Waals surface area contributed by atoms with Gasteiger partial charge in [0.05, 0.1) is 6.61 Å². The Morgan fingerprint density at radius 2 is 1.69 bits per heavy atom. The van der Waals surface area contributed by atoms with E-state index in [1.807, 2.05) is 27.7 Å². The minimum atomic E-state index is -1.37. The summed E-state index contributed by atoms with van der Waals surface area (Å²) in [7, 11) is 0. The summed E-state index contributed by atoms with van der Waals surface area (Å²) in [5, 5.41) is 13.8. The summed E-state index contributed by atoms with van der Waals surface area (Å²) in [6.07, 6.45) is 0.754. The number of rotatable bonds is 2. The van der Waals surface area contributed by atoms with Crippen molar-refractivity contribution in [1.82, 2.24) is 5.32 Å². The standard InChI is InChI=1S/C12H23NO3/c1-6-16-9(14)12(15)7-10(2,3)13-11(4,5)8-12/h13,15H,6-8H2,1-5H3. The van der Waals surface area contributed by atoms with E-state index in [1.165, 1.54) is 0 Å². The van der Waals surface area contributed by atoms with Crippen LogP contribution in [0, 0.1) is 0 Å². The number of esters is 1. The number of hydrogen-bond acceptors (Lipinski definition) is 4. The molecule has 2 N–H and O–H groups in total. The summed E-state index contributed by atoms with van der Waals surface area (Å²) in [6.45, 7) is 9.99. The highest BCUT2D eigenvalue weighted by molar-refractivity contribution is 5.79. The second kappa shape index (κ2) is 4.00. The zero-order valence-electron chi connectivity index (χ0n) is 10.9. The number of carbonyl (C=O) groups excluding carboxylic acids is 1. The molecule has 1 saturated heterocycles. The Kier molecular flexibility index (Phi) is 3.37. The average molecular weight is 229 g/mol. The summed E-state index contributed by atoms with van der Waals surface area (Å²) >= 11 is 0. The first-order chi connectivity index (χ1) is 7.10. The van der Waals surface area contributed by atoms with Crippen LogP contribution in [-0.4, -0.2) is 34.4 Å². The molecule has 0 bridgehead atoms. The van der Waals surface area contributed by atoms with Crippen LogP contribution in [0.25, 0.3) is 0 Å². The Bertz CT molecular complexity index is 268. The molecule has 4 nitrogen and oxygen atoms in total. The Morgan fingerprint density at radius 1 is 1.25 bits per heavy atom. The van der Waals surface area contributed by atoms with Gasteiger partial charge in [-0.25, -0.2) is 4.79 Å². The third-order valence-electron chi connectivity index (χ3n) is 2.80. The molecule has 4 heteroatoms. The number of aliphatic hydroxyl groups is 1. The molecule has 0 aromatic rings. The zero-order valence-corrected chi connectivity index (χ0v) is 10.9. The average Bonchev–Trinajstić information content (AvgIpc) is 1.97. The van der Waals surface area contributed by atoms with Crippen LogP contribution in [0.1, 0.15) is 47.5 Å². The molecule has 1 fully saturated rings. The van der Waals surface area contributed by atoms with Gasteiger partial charge in [-0.05, 0) is 34.6 Å². The molecule has 1 aliphatic rings. The monoisotopic (exact) mass is 229 g/mol. The Labute approximate surface area is 97.4 Å². The van der Waals surface area contributed by atoms with Crippen molar-refractivity contribution in [2.75, 3.05) is 6.61 Å². The first-order valence-corrected chi connectivity index (χ1v) is 5.79. The molecule has 0 aromatic carbocycles. The molecule has 0 aromatic heterocycles. The number of piperidine rings is 1. The fourth-order valence-corrected chi connectivity index (χ4v) is 2.94. The van der Waals surface area contributed by atoms with E-state index in [-0.39, 0.29) is 11.1 Å². The quantitative estimate of drug-likeness (QED) is 0.699. The normalized spacial score (nSPS) is 26.1. The fourth-order valence-electron chi connectivity index (χ4n) is 2.94. The first-order valence-electron chi connectivity index (χ1n) is 5.79. The van der Waals surface area contributed by atoms with E-state index in [4.69, 9.17) is 4.74 Å². The summed E-state index contributed by atoms with van der Waals surface area (Å²) in [5.74, 6) is -0.502. The molecule has 0 aliphatic carbocycles. The predicted octanol–water partition coefficient (Wildman–Crippen LogP) is 1.22. The van der Waals surface area contributed by atoms with Crippen LogP contribution in [0.4, 0.5) is 0 Å². The van der Waals surface area contributed by atoms with Crippen molar-refractivity contribution in [2.24, 2.45) is 0 Å². The lowest BCUT2D eigenvalue weighted by molar-refractivity contribution is -0.174.